The van der Waals surface area contributed by atoms with E-state index in [2.05, 4.69) is 15.5 Å². The lowest BCUT2D eigenvalue weighted by molar-refractivity contribution is -0.121. The number of amides is 1. The van der Waals surface area contributed by atoms with Crippen molar-refractivity contribution in [3.05, 3.63) is 23.4 Å². The second kappa shape index (κ2) is 8.05. The molecule has 0 aliphatic rings. The van der Waals surface area contributed by atoms with Gasteiger partial charge in [0.15, 0.2) is 0 Å². The summed E-state index contributed by atoms with van der Waals surface area (Å²) in [5.74, 6) is 1.19. The van der Waals surface area contributed by atoms with Crippen LogP contribution in [-0.4, -0.2) is 33.8 Å². The van der Waals surface area contributed by atoms with Gasteiger partial charge in [-0.3, -0.25) is 4.79 Å². The van der Waals surface area contributed by atoms with Crippen molar-refractivity contribution >= 4 is 17.2 Å². The van der Waals surface area contributed by atoms with Crippen molar-refractivity contribution in [1.82, 2.24) is 15.5 Å². The number of aliphatic hydroxyl groups excluding tert-OH is 1. The van der Waals surface area contributed by atoms with Crippen LogP contribution in [0.4, 0.5) is 0 Å². The number of nitrogens with one attached hydrogen (secondary N) is 1. The van der Waals surface area contributed by atoms with Gasteiger partial charge in [-0.25, -0.2) is 0 Å². The van der Waals surface area contributed by atoms with Crippen molar-refractivity contribution in [2.45, 2.75) is 39.2 Å². The summed E-state index contributed by atoms with van der Waals surface area (Å²) < 4.78 is 5.17. The summed E-state index contributed by atoms with van der Waals surface area (Å²) in [4.78, 5) is 16.9. The van der Waals surface area contributed by atoms with Crippen LogP contribution in [0, 0.1) is 5.92 Å². The van der Waals surface area contributed by atoms with Gasteiger partial charge in [0.2, 0.25) is 17.6 Å². The summed E-state index contributed by atoms with van der Waals surface area (Å²) in [7, 11) is 0. The number of aryl methyl sites for hydroxylation is 1. The van der Waals surface area contributed by atoms with Crippen LogP contribution in [0.15, 0.2) is 22.0 Å². The molecule has 0 aromatic carbocycles. The lowest BCUT2D eigenvalue weighted by Gasteiger charge is -2.14. The first-order chi connectivity index (χ1) is 10.6. The first kappa shape index (κ1) is 16.6. The van der Waals surface area contributed by atoms with Crippen LogP contribution in [0.2, 0.25) is 0 Å². The van der Waals surface area contributed by atoms with Crippen molar-refractivity contribution in [2.24, 2.45) is 5.92 Å². The molecule has 2 aromatic heterocycles. The molecular formula is C15H21N3O3S. The maximum atomic E-state index is 11.7. The summed E-state index contributed by atoms with van der Waals surface area (Å²) in [5, 5.41) is 18.2. The summed E-state index contributed by atoms with van der Waals surface area (Å²) in [6.45, 7) is 4.12. The van der Waals surface area contributed by atoms with Crippen molar-refractivity contribution in [1.29, 1.82) is 0 Å². The first-order valence-corrected chi connectivity index (χ1v) is 8.25. The van der Waals surface area contributed by atoms with E-state index in [4.69, 9.17) is 4.52 Å². The molecule has 22 heavy (non-hydrogen) atoms. The van der Waals surface area contributed by atoms with Crippen LogP contribution in [-0.2, 0) is 11.2 Å². The van der Waals surface area contributed by atoms with E-state index in [-0.39, 0.29) is 11.8 Å². The molecule has 1 atom stereocenters. The van der Waals surface area contributed by atoms with E-state index < -0.39 is 6.10 Å². The summed E-state index contributed by atoms with van der Waals surface area (Å²) >= 11 is 1.56. The highest BCUT2D eigenvalue weighted by atomic mass is 32.1. The molecule has 0 saturated carbocycles. The maximum absolute atomic E-state index is 11.7. The number of carbonyl (C=O) groups is 1. The molecule has 7 heteroatoms. The Balaban J connectivity index is 1.69. The van der Waals surface area contributed by atoms with Gasteiger partial charge in [0.25, 0.3) is 0 Å². The first-order valence-electron chi connectivity index (χ1n) is 7.37. The monoisotopic (exact) mass is 323 g/mol. The van der Waals surface area contributed by atoms with Gasteiger partial charge < -0.3 is 14.9 Å². The van der Waals surface area contributed by atoms with Crippen LogP contribution in [0.5, 0.6) is 0 Å². The van der Waals surface area contributed by atoms with Gasteiger partial charge in [-0.2, -0.15) is 4.98 Å². The zero-order chi connectivity index (χ0) is 15.9. The fourth-order valence-electron chi connectivity index (χ4n) is 1.80. The van der Waals surface area contributed by atoms with E-state index >= 15 is 0 Å². The zero-order valence-electron chi connectivity index (χ0n) is 12.8. The van der Waals surface area contributed by atoms with E-state index in [1.165, 1.54) is 0 Å². The molecule has 2 aromatic rings. The molecular weight excluding hydrogens is 302 g/mol. The Kier molecular flexibility index (Phi) is 6.09. The highest BCUT2D eigenvalue weighted by Gasteiger charge is 2.12. The predicted molar refractivity (Wildman–Crippen MR) is 84.4 cm³/mol. The minimum Gasteiger partial charge on any atom is -0.391 e. The molecule has 1 unspecified atom stereocenters. The van der Waals surface area contributed by atoms with Gasteiger partial charge in [0, 0.05) is 19.4 Å². The van der Waals surface area contributed by atoms with Gasteiger partial charge in [0.05, 0.1) is 11.0 Å². The van der Waals surface area contributed by atoms with E-state index in [1.807, 2.05) is 31.4 Å². The van der Waals surface area contributed by atoms with Gasteiger partial charge in [-0.15, -0.1) is 11.3 Å². The van der Waals surface area contributed by atoms with E-state index in [0.29, 0.717) is 37.5 Å². The second-order valence-corrected chi connectivity index (χ2v) is 6.41. The molecule has 0 bridgehead atoms. The molecule has 0 aliphatic carbocycles. The molecule has 1 amide bonds. The van der Waals surface area contributed by atoms with Crippen molar-refractivity contribution in [3.8, 4) is 10.7 Å². The number of nitrogens with zero attached hydrogens (tertiary/aromatic N) is 2. The number of aliphatic hydroxyl groups is 1. The lowest BCUT2D eigenvalue weighted by atomic mass is 10.1. The van der Waals surface area contributed by atoms with E-state index in [9.17, 15) is 9.90 Å². The average molecular weight is 323 g/mol. The Morgan fingerprint density at radius 3 is 3.00 bits per heavy atom. The molecule has 0 saturated heterocycles. The topological polar surface area (TPSA) is 88.2 Å². The Morgan fingerprint density at radius 2 is 2.32 bits per heavy atom. The largest absolute Gasteiger partial charge is 0.391 e. The summed E-state index contributed by atoms with van der Waals surface area (Å²) in [5.41, 5.74) is 0. The summed E-state index contributed by atoms with van der Waals surface area (Å²) in [6.07, 6.45) is 1.07. The smallest absolute Gasteiger partial charge is 0.226 e. The number of rotatable bonds is 8. The molecule has 120 valence electrons. The van der Waals surface area contributed by atoms with Crippen molar-refractivity contribution in [2.75, 3.05) is 6.54 Å². The molecule has 2 rings (SSSR count). The van der Waals surface area contributed by atoms with Gasteiger partial charge in [-0.05, 0) is 23.8 Å². The third kappa shape index (κ3) is 4.92. The number of hydrogen-bond donors (Lipinski definition) is 2. The molecule has 2 N–H and O–H groups in total. The third-order valence-corrected chi connectivity index (χ3v) is 4.15. The summed E-state index contributed by atoms with van der Waals surface area (Å²) in [6, 6.07) is 3.87. The van der Waals surface area contributed by atoms with Gasteiger partial charge in [0.1, 0.15) is 0 Å². The fourth-order valence-corrected chi connectivity index (χ4v) is 2.45. The minimum absolute atomic E-state index is 0.0716. The van der Waals surface area contributed by atoms with Crippen LogP contribution in [0.25, 0.3) is 10.7 Å². The molecule has 0 fully saturated rings. The van der Waals surface area contributed by atoms with Gasteiger partial charge in [-0.1, -0.05) is 25.1 Å². The van der Waals surface area contributed by atoms with Crippen LogP contribution in [0.1, 0.15) is 32.6 Å². The van der Waals surface area contributed by atoms with Crippen LogP contribution < -0.4 is 5.32 Å². The normalized spacial score (nSPS) is 12.5. The van der Waals surface area contributed by atoms with Crippen molar-refractivity contribution in [3.63, 3.8) is 0 Å². The second-order valence-electron chi connectivity index (χ2n) is 5.46. The minimum atomic E-state index is -0.506. The highest BCUT2D eigenvalue weighted by molar-refractivity contribution is 7.13. The van der Waals surface area contributed by atoms with Crippen molar-refractivity contribution < 1.29 is 14.4 Å². The predicted octanol–water partition coefficient (Wildman–Crippen LogP) is 2.25. The standard InChI is InChI=1S/C15H21N3O3S/c1-10(2)11(19)9-16-13(20)6-3-7-14-17-15(18-21-14)12-5-4-8-22-12/h4-5,8,10-11,19H,3,6-7,9H2,1-2H3,(H,16,20). The number of carbonyl (C=O) groups excluding carboxylic acids is 1. The Labute approximate surface area is 133 Å². The molecule has 2 heterocycles. The molecule has 0 radical (unpaired) electrons. The SMILES string of the molecule is CC(C)C(O)CNC(=O)CCCc1nc(-c2cccs2)no1. The zero-order valence-corrected chi connectivity index (χ0v) is 13.6. The average Bonchev–Trinajstić information content (AvgIpc) is 3.15. The quantitative estimate of drug-likeness (QED) is 0.778. The number of thiophene rings is 1. The van der Waals surface area contributed by atoms with E-state index in [1.54, 1.807) is 11.3 Å². The lowest BCUT2D eigenvalue weighted by Crippen LogP contribution is -2.34. The van der Waals surface area contributed by atoms with Gasteiger partial charge >= 0.3 is 0 Å². The Hall–Kier alpha value is -1.73. The molecule has 6 nitrogen and oxygen atoms in total. The number of hydrogen-bond acceptors (Lipinski definition) is 6. The Morgan fingerprint density at radius 1 is 1.50 bits per heavy atom. The fraction of sp³-hybridized carbons (Fsp3) is 0.533. The highest BCUT2D eigenvalue weighted by Crippen LogP contribution is 2.21. The third-order valence-electron chi connectivity index (χ3n) is 3.28. The van der Waals surface area contributed by atoms with Crippen LogP contribution >= 0.6 is 11.3 Å². The molecule has 0 aliphatic heterocycles. The Bertz CT molecular complexity index is 581. The maximum Gasteiger partial charge on any atom is 0.226 e. The van der Waals surface area contributed by atoms with E-state index in [0.717, 1.165) is 4.88 Å². The number of aromatic nitrogens is 2. The van der Waals surface area contributed by atoms with Crippen LogP contribution in [0.3, 0.4) is 0 Å². The molecule has 0 spiro atoms.